The van der Waals surface area contributed by atoms with Crippen LogP contribution >= 0.6 is 27.3 Å². The number of thiophene rings is 1. The molecule has 0 amide bonds. The highest BCUT2D eigenvalue weighted by Crippen LogP contribution is 2.32. The summed E-state index contributed by atoms with van der Waals surface area (Å²) in [7, 11) is 0. The molecule has 0 spiro atoms. The molecule has 1 atom stereocenters. The predicted octanol–water partition coefficient (Wildman–Crippen LogP) is 4.86. The Bertz CT molecular complexity index is 333. The first-order chi connectivity index (χ1) is 7.93. The summed E-state index contributed by atoms with van der Waals surface area (Å²) in [5, 5.41) is 3.57. The maximum absolute atomic E-state index is 3.57. The molecule has 0 aliphatic rings. The van der Waals surface area contributed by atoms with Gasteiger partial charge in [0.1, 0.15) is 0 Å². The van der Waals surface area contributed by atoms with Crippen LogP contribution in [0.3, 0.4) is 0 Å². The highest BCUT2D eigenvalue weighted by molar-refractivity contribution is 9.11. The van der Waals surface area contributed by atoms with Crippen LogP contribution in [0.25, 0.3) is 0 Å². The standard InChI is InChI=1S/C14H24BrNS/c1-5-8-16-11(2)9-14(3,4)10-12-6-7-13(15)17-12/h6-7,11,16H,5,8-10H2,1-4H3. The molecule has 0 aliphatic heterocycles. The summed E-state index contributed by atoms with van der Waals surface area (Å²) in [5.74, 6) is 0. The highest BCUT2D eigenvalue weighted by Gasteiger charge is 2.22. The topological polar surface area (TPSA) is 12.0 Å². The molecule has 0 saturated heterocycles. The minimum Gasteiger partial charge on any atom is -0.314 e. The largest absolute Gasteiger partial charge is 0.314 e. The van der Waals surface area contributed by atoms with Crippen LogP contribution in [0.1, 0.15) is 45.4 Å². The molecule has 1 unspecified atom stereocenters. The molecule has 0 radical (unpaired) electrons. The van der Waals surface area contributed by atoms with Gasteiger partial charge in [0.25, 0.3) is 0 Å². The van der Waals surface area contributed by atoms with E-state index in [-0.39, 0.29) is 0 Å². The maximum atomic E-state index is 3.57. The fraction of sp³-hybridized carbons (Fsp3) is 0.714. The summed E-state index contributed by atoms with van der Waals surface area (Å²) in [6, 6.07) is 4.99. The first-order valence-corrected chi connectivity index (χ1v) is 8.01. The van der Waals surface area contributed by atoms with Gasteiger partial charge in [0.05, 0.1) is 3.79 Å². The van der Waals surface area contributed by atoms with E-state index >= 15 is 0 Å². The van der Waals surface area contributed by atoms with E-state index in [1.807, 2.05) is 11.3 Å². The third kappa shape index (κ3) is 6.03. The fourth-order valence-electron chi connectivity index (χ4n) is 2.28. The summed E-state index contributed by atoms with van der Waals surface area (Å²) in [4.78, 5) is 1.48. The number of hydrogen-bond acceptors (Lipinski definition) is 2. The Hall–Kier alpha value is 0.140. The molecule has 17 heavy (non-hydrogen) atoms. The van der Waals surface area contributed by atoms with Gasteiger partial charge in [-0.3, -0.25) is 0 Å². The normalized spacial score (nSPS) is 13.9. The Kier molecular flexibility index (Phi) is 6.18. The molecule has 0 bridgehead atoms. The van der Waals surface area contributed by atoms with E-state index in [9.17, 15) is 0 Å². The van der Waals surface area contributed by atoms with Crippen LogP contribution in [0.2, 0.25) is 0 Å². The van der Waals surface area contributed by atoms with Gasteiger partial charge < -0.3 is 5.32 Å². The Balaban J connectivity index is 2.44. The summed E-state index contributed by atoms with van der Waals surface area (Å²) in [5.41, 5.74) is 0.366. The second-order valence-corrected chi connectivity index (χ2v) is 8.15. The number of rotatable bonds is 7. The maximum Gasteiger partial charge on any atom is 0.0701 e. The van der Waals surface area contributed by atoms with Crippen LogP contribution in [-0.4, -0.2) is 12.6 Å². The van der Waals surface area contributed by atoms with Gasteiger partial charge in [-0.15, -0.1) is 11.3 Å². The molecular weight excluding hydrogens is 294 g/mol. The lowest BCUT2D eigenvalue weighted by Gasteiger charge is -2.28. The van der Waals surface area contributed by atoms with Crippen LogP contribution in [0.15, 0.2) is 15.9 Å². The van der Waals surface area contributed by atoms with Crippen molar-refractivity contribution in [2.75, 3.05) is 6.54 Å². The van der Waals surface area contributed by atoms with E-state index in [1.54, 1.807) is 0 Å². The minimum atomic E-state index is 0.366. The first kappa shape index (κ1) is 15.2. The third-order valence-corrected chi connectivity index (χ3v) is 4.51. The zero-order valence-corrected chi connectivity index (χ0v) is 13.7. The van der Waals surface area contributed by atoms with E-state index < -0.39 is 0 Å². The fourth-order valence-corrected chi connectivity index (χ4v) is 4.02. The Morgan fingerprint density at radius 1 is 1.41 bits per heavy atom. The predicted molar refractivity (Wildman–Crippen MR) is 81.9 cm³/mol. The van der Waals surface area contributed by atoms with Crippen molar-refractivity contribution in [2.24, 2.45) is 5.41 Å². The molecule has 1 heterocycles. The third-order valence-electron chi connectivity index (χ3n) is 2.88. The quantitative estimate of drug-likeness (QED) is 0.757. The van der Waals surface area contributed by atoms with E-state index in [4.69, 9.17) is 0 Å². The molecule has 98 valence electrons. The molecule has 0 fully saturated rings. The molecule has 1 N–H and O–H groups in total. The average molecular weight is 318 g/mol. The van der Waals surface area contributed by atoms with Gasteiger partial charge in [0.2, 0.25) is 0 Å². The van der Waals surface area contributed by atoms with E-state index in [2.05, 4.69) is 61.1 Å². The van der Waals surface area contributed by atoms with Crippen molar-refractivity contribution in [1.29, 1.82) is 0 Å². The zero-order chi connectivity index (χ0) is 12.9. The van der Waals surface area contributed by atoms with Gasteiger partial charge >= 0.3 is 0 Å². The zero-order valence-electron chi connectivity index (χ0n) is 11.3. The average Bonchev–Trinajstić information content (AvgIpc) is 2.59. The van der Waals surface area contributed by atoms with Crippen LogP contribution in [0, 0.1) is 5.41 Å². The van der Waals surface area contributed by atoms with Crippen molar-refractivity contribution in [3.63, 3.8) is 0 Å². The molecule has 0 aromatic carbocycles. The van der Waals surface area contributed by atoms with Gasteiger partial charge in [-0.2, -0.15) is 0 Å². The van der Waals surface area contributed by atoms with Crippen molar-refractivity contribution < 1.29 is 0 Å². The smallest absolute Gasteiger partial charge is 0.0701 e. The molecule has 1 aromatic heterocycles. The lowest BCUT2D eigenvalue weighted by atomic mass is 9.82. The molecular formula is C14H24BrNS. The molecule has 1 aromatic rings. The summed E-state index contributed by atoms with van der Waals surface area (Å²) >= 11 is 5.39. The van der Waals surface area contributed by atoms with Crippen LogP contribution in [0.4, 0.5) is 0 Å². The SMILES string of the molecule is CCCNC(C)CC(C)(C)Cc1ccc(Br)s1. The van der Waals surface area contributed by atoms with E-state index in [0.717, 1.165) is 6.54 Å². The van der Waals surface area contributed by atoms with Crippen molar-refractivity contribution >= 4 is 27.3 Å². The lowest BCUT2D eigenvalue weighted by Crippen LogP contribution is -2.32. The number of nitrogens with one attached hydrogen (secondary N) is 1. The minimum absolute atomic E-state index is 0.366. The second-order valence-electron chi connectivity index (χ2n) is 5.61. The number of halogens is 1. The number of hydrogen-bond donors (Lipinski definition) is 1. The van der Waals surface area contributed by atoms with Gasteiger partial charge in [0, 0.05) is 10.9 Å². The van der Waals surface area contributed by atoms with Crippen LogP contribution in [0.5, 0.6) is 0 Å². The Morgan fingerprint density at radius 3 is 2.65 bits per heavy atom. The van der Waals surface area contributed by atoms with Crippen molar-refractivity contribution in [1.82, 2.24) is 5.32 Å². The highest BCUT2D eigenvalue weighted by atomic mass is 79.9. The van der Waals surface area contributed by atoms with Crippen molar-refractivity contribution in [3.05, 3.63) is 20.8 Å². The van der Waals surface area contributed by atoms with Gasteiger partial charge in [-0.05, 0) is 66.2 Å². The Morgan fingerprint density at radius 2 is 2.12 bits per heavy atom. The van der Waals surface area contributed by atoms with Crippen molar-refractivity contribution in [2.45, 2.75) is 53.0 Å². The van der Waals surface area contributed by atoms with E-state index in [1.165, 1.54) is 27.9 Å². The molecule has 0 saturated carbocycles. The van der Waals surface area contributed by atoms with Gasteiger partial charge in [0.15, 0.2) is 0 Å². The Labute approximate surface area is 118 Å². The van der Waals surface area contributed by atoms with Gasteiger partial charge in [-0.1, -0.05) is 20.8 Å². The first-order valence-electron chi connectivity index (χ1n) is 6.40. The monoisotopic (exact) mass is 317 g/mol. The van der Waals surface area contributed by atoms with Crippen molar-refractivity contribution in [3.8, 4) is 0 Å². The second kappa shape index (κ2) is 6.91. The van der Waals surface area contributed by atoms with Crippen LogP contribution < -0.4 is 5.32 Å². The summed E-state index contributed by atoms with van der Waals surface area (Å²) in [6.07, 6.45) is 3.60. The molecule has 0 aliphatic carbocycles. The molecule has 1 rings (SSSR count). The molecule has 1 nitrogen and oxygen atoms in total. The molecule has 3 heteroatoms. The van der Waals surface area contributed by atoms with E-state index in [0.29, 0.717) is 11.5 Å². The van der Waals surface area contributed by atoms with Crippen LogP contribution in [-0.2, 0) is 6.42 Å². The lowest BCUT2D eigenvalue weighted by molar-refractivity contribution is 0.289. The summed E-state index contributed by atoms with van der Waals surface area (Å²) < 4.78 is 1.24. The summed E-state index contributed by atoms with van der Waals surface area (Å²) in [6.45, 7) is 10.4. The van der Waals surface area contributed by atoms with Gasteiger partial charge in [-0.25, -0.2) is 0 Å².